The molecule has 2 rings (SSSR count). The first-order valence-electron chi connectivity index (χ1n) is 7.91. The Morgan fingerprint density at radius 2 is 2.12 bits per heavy atom. The number of hydrogen-bond acceptors (Lipinski definition) is 5. The van der Waals surface area contributed by atoms with Crippen LogP contribution in [0.1, 0.15) is 20.3 Å². The number of benzene rings is 1. The molecule has 1 saturated heterocycles. The molecule has 1 aliphatic rings. The lowest BCUT2D eigenvalue weighted by Gasteiger charge is -2.19. The van der Waals surface area contributed by atoms with Gasteiger partial charge in [-0.15, -0.1) is 0 Å². The minimum Gasteiger partial charge on any atom is -0.495 e. The molecule has 136 valence electrons. The average molecular weight is 369 g/mol. The largest absolute Gasteiger partial charge is 0.495 e. The zero-order chi connectivity index (χ0) is 18.6. The Bertz CT molecular complexity index is 677. The average Bonchev–Trinajstić information content (AvgIpc) is 2.93. The molecular weight excluding hydrogens is 348 g/mol. The number of nitrogens with one attached hydrogen (secondary N) is 1. The van der Waals surface area contributed by atoms with Crippen LogP contribution >= 0.6 is 11.6 Å². The minimum atomic E-state index is -0.636. The molecule has 1 aromatic carbocycles. The SMILES string of the molecule is COc1ccc(Cl)cc1N1C[C@@H](C(=O)OCC(=O)NC(C)C)CC1=O. The van der Waals surface area contributed by atoms with Crippen molar-refractivity contribution < 1.29 is 23.9 Å². The highest BCUT2D eigenvalue weighted by Crippen LogP contribution is 2.35. The Hall–Kier alpha value is -2.28. The molecule has 1 heterocycles. The maximum absolute atomic E-state index is 12.3. The molecule has 1 fully saturated rings. The van der Waals surface area contributed by atoms with Gasteiger partial charge in [0.05, 0.1) is 18.7 Å². The summed E-state index contributed by atoms with van der Waals surface area (Å²) in [6, 6.07) is 4.89. The number of halogens is 1. The van der Waals surface area contributed by atoms with E-state index in [1.165, 1.54) is 12.0 Å². The number of hydrogen-bond donors (Lipinski definition) is 1. The number of anilines is 1. The van der Waals surface area contributed by atoms with Crippen LogP contribution in [0.25, 0.3) is 0 Å². The third-order valence-corrected chi connectivity index (χ3v) is 3.92. The summed E-state index contributed by atoms with van der Waals surface area (Å²) in [5.41, 5.74) is 0.507. The zero-order valence-electron chi connectivity index (χ0n) is 14.4. The Morgan fingerprint density at radius 3 is 2.76 bits per heavy atom. The highest BCUT2D eigenvalue weighted by molar-refractivity contribution is 6.31. The number of esters is 1. The van der Waals surface area contributed by atoms with E-state index in [0.29, 0.717) is 16.5 Å². The predicted octanol–water partition coefficient (Wildman–Crippen LogP) is 1.77. The first-order chi connectivity index (χ1) is 11.8. The van der Waals surface area contributed by atoms with Crippen LogP contribution in [-0.4, -0.2) is 44.1 Å². The molecule has 1 aromatic rings. The summed E-state index contributed by atoms with van der Waals surface area (Å²) in [5, 5.41) is 3.09. The number of ether oxygens (including phenoxy) is 2. The van der Waals surface area contributed by atoms with Crippen LogP contribution in [0.3, 0.4) is 0 Å². The number of methoxy groups -OCH3 is 1. The van der Waals surface area contributed by atoms with Crippen molar-refractivity contribution in [2.75, 3.05) is 25.2 Å². The van der Waals surface area contributed by atoms with Crippen LogP contribution in [0.4, 0.5) is 5.69 Å². The molecule has 2 amide bonds. The van der Waals surface area contributed by atoms with Crippen molar-refractivity contribution in [1.82, 2.24) is 5.32 Å². The highest BCUT2D eigenvalue weighted by Gasteiger charge is 2.37. The number of carbonyl (C=O) groups is 3. The summed E-state index contributed by atoms with van der Waals surface area (Å²) in [4.78, 5) is 37.4. The van der Waals surface area contributed by atoms with Crippen LogP contribution in [0.15, 0.2) is 18.2 Å². The molecule has 0 aromatic heterocycles. The van der Waals surface area contributed by atoms with Crippen molar-refractivity contribution in [3.8, 4) is 5.75 Å². The smallest absolute Gasteiger partial charge is 0.311 e. The molecule has 0 radical (unpaired) electrons. The van der Waals surface area contributed by atoms with Crippen molar-refractivity contribution in [1.29, 1.82) is 0 Å². The van der Waals surface area contributed by atoms with Gasteiger partial charge in [-0.2, -0.15) is 0 Å². The Labute approximate surface area is 151 Å². The van der Waals surface area contributed by atoms with Gasteiger partial charge in [-0.3, -0.25) is 14.4 Å². The van der Waals surface area contributed by atoms with E-state index in [2.05, 4.69) is 5.32 Å². The van der Waals surface area contributed by atoms with Gasteiger partial charge in [-0.25, -0.2) is 0 Å². The third kappa shape index (κ3) is 4.85. The fourth-order valence-corrected chi connectivity index (χ4v) is 2.76. The van der Waals surface area contributed by atoms with Crippen LogP contribution < -0.4 is 15.0 Å². The van der Waals surface area contributed by atoms with Gasteiger partial charge < -0.3 is 19.7 Å². The molecule has 0 spiro atoms. The summed E-state index contributed by atoms with van der Waals surface area (Å²) in [5.74, 6) is -1.32. The minimum absolute atomic E-state index is 0.0142. The normalized spacial score (nSPS) is 16.9. The van der Waals surface area contributed by atoms with E-state index < -0.39 is 11.9 Å². The number of carbonyl (C=O) groups excluding carboxylic acids is 3. The van der Waals surface area contributed by atoms with Crippen molar-refractivity contribution >= 4 is 35.1 Å². The quantitative estimate of drug-likeness (QED) is 0.773. The number of nitrogens with zero attached hydrogens (tertiary/aromatic N) is 1. The second-order valence-electron chi connectivity index (χ2n) is 6.05. The van der Waals surface area contributed by atoms with Crippen molar-refractivity contribution in [3.63, 3.8) is 0 Å². The molecule has 0 saturated carbocycles. The predicted molar refractivity (Wildman–Crippen MR) is 92.7 cm³/mol. The lowest BCUT2D eigenvalue weighted by atomic mass is 10.1. The van der Waals surface area contributed by atoms with Crippen LogP contribution in [-0.2, 0) is 19.1 Å². The van der Waals surface area contributed by atoms with Crippen molar-refractivity contribution in [2.24, 2.45) is 5.92 Å². The third-order valence-electron chi connectivity index (χ3n) is 3.69. The van der Waals surface area contributed by atoms with E-state index in [-0.39, 0.29) is 37.4 Å². The zero-order valence-corrected chi connectivity index (χ0v) is 15.1. The fourth-order valence-electron chi connectivity index (χ4n) is 2.59. The molecular formula is C17H21ClN2O5. The number of amides is 2. The van der Waals surface area contributed by atoms with E-state index in [4.69, 9.17) is 21.1 Å². The first kappa shape index (κ1) is 19.1. The molecule has 8 heteroatoms. The first-order valence-corrected chi connectivity index (χ1v) is 8.29. The van der Waals surface area contributed by atoms with Crippen LogP contribution in [0.5, 0.6) is 5.75 Å². The Morgan fingerprint density at radius 1 is 1.40 bits per heavy atom. The molecule has 7 nitrogen and oxygen atoms in total. The number of rotatable bonds is 6. The Balaban J connectivity index is 2.01. The maximum atomic E-state index is 12.3. The summed E-state index contributed by atoms with van der Waals surface area (Å²) in [7, 11) is 1.49. The second kappa shape index (κ2) is 8.20. The molecule has 25 heavy (non-hydrogen) atoms. The van der Waals surface area contributed by atoms with Gasteiger partial charge in [0.15, 0.2) is 6.61 Å². The van der Waals surface area contributed by atoms with Gasteiger partial charge in [0.25, 0.3) is 5.91 Å². The fraction of sp³-hybridized carbons (Fsp3) is 0.471. The topological polar surface area (TPSA) is 84.9 Å². The van der Waals surface area contributed by atoms with Gasteiger partial charge in [0.2, 0.25) is 5.91 Å². The molecule has 0 aliphatic carbocycles. The van der Waals surface area contributed by atoms with E-state index in [9.17, 15) is 14.4 Å². The molecule has 1 aliphatic heterocycles. The summed E-state index contributed by atoms with van der Waals surface area (Å²) < 4.78 is 10.3. The van der Waals surface area contributed by atoms with Crippen LogP contribution in [0, 0.1) is 5.92 Å². The molecule has 1 N–H and O–H groups in total. The maximum Gasteiger partial charge on any atom is 0.311 e. The van der Waals surface area contributed by atoms with Gasteiger partial charge in [0, 0.05) is 24.0 Å². The van der Waals surface area contributed by atoms with Gasteiger partial charge >= 0.3 is 5.97 Å². The molecule has 1 atom stereocenters. The molecule has 0 bridgehead atoms. The van der Waals surface area contributed by atoms with Gasteiger partial charge in [-0.1, -0.05) is 11.6 Å². The monoisotopic (exact) mass is 368 g/mol. The van der Waals surface area contributed by atoms with E-state index in [1.54, 1.807) is 18.2 Å². The van der Waals surface area contributed by atoms with E-state index in [0.717, 1.165) is 0 Å². The van der Waals surface area contributed by atoms with E-state index in [1.807, 2.05) is 13.8 Å². The highest BCUT2D eigenvalue weighted by atomic mass is 35.5. The van der Waals surface area contributed by atoms with Crippen LogP contribution in [0.2, 0.25) is 5.02 Å². The molecule has 0 unspecified atom stereocenters. The summed E-state index contributed by atoms with van der Waals surface area (Å²) in [6.45, 7) is 3.42. The Kier molecular flexibility index (Phi) is 6.25. The lowest BCUT2D eigenvalue weighted by molar-refractivity contribution is -0.152. The van der Waals surface area contributed by atoms with Crippen molar-refractivity contribution in [2.45, 2.75) is 26.3 Å². The van der Waals surface area contributed by atoms with Gasteiger partial charge in [0.1, 0.15) is 5.75 Å². The van der Waals surface area contributed by atoms with E-state index >= 15 is 0 Å². The van der Waals surface area contributed by atoms with Crippen molar-refractivity contribution in [3.05, 3.63) is 23.2 Å². The summed E-state index contributed by atoms with van der Waals surface area (Å²) in [6.07, 6.45) is 0.0142. The second-order valence-corrected chi connectivity index (χ2v) is 6.49. The standard InChI is InChI=1S/C17H21ClN2O5/c1-10(2)19-15(21)9-25-17(23)11-6-16(22)20(8-11)13-7-12(18)4-5-14(13)24-3/h4-5,7,10-11H,6,8-9H2,1-3H3,(H,19,21)/t11-/m0/s1. The van der Waals surface area contributed by atoms with Gasteiger partial charge in [-0.05, 0) is 32.0 Å². The lowest BCUT2D eigenvalue weighted by Crippen LogP contribution is -2.35. The summed E-state index contributed by atoms with van der Waals surface area (Å²) >= 11 is 6.00.